The van der Waals surface area contributed by atoms with E-state index in [1.54, 1.807) is 31.1 Å². The van der Waals surface area contributed by atoms with Crippen molar-refractivity contribution < 1.29 is 18.1 Å². The van der Waals surface area contributed by atoms with E-state index in [2.05, 4.69) is 0 Å². The number of amides is 1. The number of hydrogen-bond acceptors (Lipinski definition) is 6. The molecule has 9 heteroatoms. The molecule has 1 heterocycles. The summed E-state index contributed by atoms with van der Waals surface area (Å²) in [6, 6.07) is 5.86. The third kappa shape index (κ3) is 4.76. The molecule has 0 aliphatic carbocycles. The molecule has 138 valence electrons. The topological polar surface area (TPSA) is 101 Å². The minimum Gasteiger partial charge on any atom is -0.341 e. The number of nitro groups is 1. The molecule has 25 heavy (non-hydrogen) atoms. The number of sulfone groups is 1. The van der Waals surface area contributed by atoms with Gasteiger partial charge < -0.3 is 4.90 Å². The lowest BCUT2D eigenvalue weighted by Gasteiger charge is -2.29. The molecular weight excluding hydrogens is 346 g/mol. The normalized spacial score (nSPS) is 20.4. The first kappa shape index (κ1) is 19.3. The molecule has 1 saturated heterocycles. The van der Waals surface area contributed by atoms with Crippen molar-refractivity contribution in [2.45, 2.75) is 25.4 Å². The van der Waals surface area contributed by atoms with Crippen LogP contribution < -0.4 is 0 Å². The first-order valence-corrected chi connectivity index (χ1v) is 9.83. The van der Waals surface area contributed by atoms with Gasteiger partial charge in [-0.05, 0) is 26.0 Å². The summed E-state index contributed by atoms with van der Waals surface area (Å²) < 4.78 is 23.1. The van der Waals surface area contributed by atoms with Crippen molar-refractivity contribution in [3.8, 4) is 0 Å². The third-order valence-corrected chi connectivity index (χ3v) is 6.51. The maximum absolute atomic E-state index is 12.4. The van der Waals surface area contributed by atoms with Crippen LogP contribution in [0.25, 0.3) is 0 Å². The Kier molecular flexibility index (Phi) is 5.79. The number of nitro benzene ring substituents is 1. The summed E-state index contributed by atoms with van der Waals surface area (Å²) in [7, 11) is 0.343. The molecular formula is C16H23N3O5S. The average molecular weight is 369 g/mol. The highest BCUT2D eigenvalue weighted by atomic mass is 32.2. The minimum atomic E-state index is -3.05. The van der Waals surface area contributed by atoms with Crippen LogP contribution in [0.4, 0.5) is 5.69 Å². The molecule has 1 aliphatic rings. The predicted octanol–water partition coefficient (Wildman–Crippen LogP) is 1.23. The van der Waals surface area contributed by atoms with Crippen molar-refractivity contribution in [3.63, 3.8) is 0 Å². The Morgan fingerprint density at radius 1 is 1.40 bits per heavy atom. The number of benzene rings is 1. The van der Waals surface area contributed by atoms with Crippen molar-refractivity contribution in [1.29, 1.82) is 0 Å². The van der Waals surface area contributed by atoms with Gasteiger partial charge in [-0.15, -0.1) is 0 Å². The number of nitrogens with zero attached hydrogens (tertiary/aromatic N) is 3. The van der Waals surface area contributed by atoms with E-state index in [0.717, 1.165) is 5.56 Å². The molecule has 0 radical (unpaired) electrons. The van der Waals surface area contributed by atoms with Gasteiger partial charge in [-0.2, -0.15) is 0 Å². The van der Waals surface area contributed by atoms with Gasteiger partial charge in [-0.25, -0.2) is 8.42 Å². The van der Waals surface area contributed by atoms with E-state index in [4.69, 9.17) is 0 Å². The molecule has 0 spiro atoms. The molecule has 1 fully saturated rings. The SMILES string of the molecule is CC(c1cccc([N+](=O)[O-])c1)N(C)CC(=O)N(C)C1CCS(=O)(=O)C1. The van der Waals surface area contributed by atoms with Crippen LogP contribution in [0.2, 0.25) is 0 Å². The molecule has 0 saturated carbocycles. The second kappa shape index (κ2) is 7.49. The van der Waals surface area contributed by atoms with Gasteiger partial charge in [-0.1, -0.05) is 12.1 Å². The van der Waals surface area contributed by atoms with Crippen LogP contribution in [0.5, 0.6) is 0 Å². The lowest BCUT2D eigenvalue weighted by molar-refractivity contribution is -0.384. The van der Waals surface area contributed by atoms with Crippen molar-refractivity contribution in [2.75, 3.05) is 32.1 Å². The van der Waals surface area contributed by atoms with Gasteiger partial charge in [0.15, 0.2) is 9.84 Å². The van der Waals surface area contributed by atoms with Crippen LogP contribution in [-0.2, 0) is 14.6 Å². The Labute approximate surface area is 147 Å². The zero-order valence-electron chi connectivity index (χ0n) is 14.6. The van der Waals surface area contributed by atoms with Gasteiger partial charge in [-0.3, -0.25) is 19.8 Å². The highest BCUT2D eigenvalue weighted by molar-refractivity contribution is 7.91. The summed E-state index contributed by atoms with van der Waals surface area (Å²) in [5, 5.41) is 10.9. The minimum absolute atomic E-state index is 0.0114. The van der Waals surface area contributed by atoms with Crippen LogP contribution in [0.15, 0.2) is 24.3 Å². The smallest absolute Gasteiger partial charge is 0.269 e. The van der Waals surface area contributed by atoms with Crippen molar-refractivity contribution in [2.24, 2.45) is 0 Å². The number of non-ortho nitro benzene ring substituents is 1. The maximum Gasteiger partial charge on any atom is 0.269 e. The highest BCUT2D eigenvalue weighted by Gasteiger charge is 2.33. The maximum atomic E-state index is 12.4. The summed E-state index contributed by atoms with van der Waals surface area (Å²) in [5.74, 6) is -0.0314. The molecule has 0 N–H and O–H groups in total. The summed E-state index contributed by atoms with van der Waals surface area (Å²) in [4.78, 5) is 26.2. The molecule has 1 aromatic rings. The van der Waals surface area contributed by atoms with Crippen LogP contribution in [-0.4, -0.2) is 67.2 Å². The molecule has 0 bridgehead atoms. The number of rotatable bonds is 6. The fourth-order valence-corrected chi connectivity index (χ4v) is 4.67. The van der Waals surface area contributed by atoms with Crippen LogP contribution in [0.1, 0.15) is 24.9 Å². The summed E-state index contributed by atoms with van der Waals surface area (Å²) in [6.45, 7) is 1.98. The summed E-state index contributed by atoms with van der Waals surface area (Å²) >= 11 is 0. The van der Waals surface area contributed by atoms with Crippen LogP contribution in [0.3, 0.4) is 0 Å². The number of carbonyl (C=O) groups excluding carboxylic acids is 1. The summed E-state index contributed by atoms with van der Waals surface area (Å²) in [6.07, 6.45) is 0.467. The molecule has 8 nitrogen and oxygen atoms in total. The van der Waals surface area contributed by atoms with E-state index in [1.165, 1.54) is 17.0 Å². The second-order valence-corrected chi connectivity index (χ2v) is 8.73. The molecule has 0 aromatic heterocycles. The van der Waals surface area contributed by atoms with E-state index >= 15 is 0 Å². The second-order valence-electron chi connectivity index (χ2n) is 6.50. The Bertz CT molecular complexity index is 765. The fourth-order valence-electron chi connectivity index (χ4n) is 2.90. The predicted molar refractivity (Wildman–Crippen MR) is 94.0 cm³/mol. The van der Waals surface area contributed by atoms with Crippen molar-refractivity contribution in [3.05, 3.63) is 39.9 Å². The number of hydrogen-bond donors (Lipinski definition) is 0. The molecule has 1 amide bonds. The number of likely N-dealkylation sites (N-methyl/N-ethyl adjacent to an activating group) is 2. The van der Waals surface area contributed by atoms with E-state index in [0.29, 0.717) is 6.42 Å². The fraction of sp³-hybridized carbons (Fsp3) is 0.562. The Morgan fingerprint density at radius 2 is 2.08 bits per heavy atom. The Hall–Kier alpha value is -2.00. The lowest BCUT2D eigenvalue weighted by atomic mass is 10.1. The quantitative estimate of drug-likeness (QED) is 0.552. The zero-order chi connectivity index (χ0) is 18.8. The van der Waals surface area contributed by atoms with E-state index in [1.807, 2.05) is 6.92 Å². The average Bonchev–Trinajstić information content (AvgIpc) is 2.93. The monoisotopic (exact) mass is 369 g/mol. The Morgan fingerprint density at radius 3 is 2.64 bits per heavy atom. The third-order valence-electron chi connectivity index (χ3n) is 4.76. The lowest BCUT2D eigenvalue weighted by Crippen LogP contribution is -2.43. The van der Waals surface area contributed by atoms with Gasteiger partial charge in [0.05, 0.1) is 23.0 Å². The molecule has 2 unspecified atom stereocenters. The van der Waals surface area contributed by atoms with E-state index in [9.17, 15) is 23.3 Å². The van der Waals surface area contributed by atoms with Crippen LogP contribution in [0, 0.1) is 10.1 Å². The highest BCUT2D eigenvalue weighted by Crippen LogP contribution is 2.23. The van der Waals surface area contributed by atoms with E-state index in [-0.39, 0.29) is 41.7 Å². The van der Waals surface area contributed by atoms with Crippen molar-refractivity contribution in [1.82, 2.24) is 9.80 Å². The standard InChI is InChI=1S/C16H23N3O5S/c1-12(13-5-4-6-14(9-13)19(21)22)17(2)10-16(20)18(3)15-7-8-25(23,24)11-15/h4-6,9,12,15H,7-8,10-11H2,1-3H3. The van der Waals surface area contributed by atoms with Gasteiger partial charge in [0, 0.05) is 31.3 Å². The molecule has 2 rings (SSSR count). The number of carbonyl (C=O) groups is 1. The largest absolute Gasteiger partial charge is 0.341 e. The Balaban J connectivity index is 2.00. The first-order chi connectivity index (χ1) is 11.6. The zero-order valence-corrected chi connectivity index (χ0v) is 15.4. The van der Waals surface area contributed by atoms with Gasteiger partial charge in [0.25, 0.3) is 5.69 Å². The van der Waals surface area contributed by atoms with Gasteiger partial charge in [0.1, 0.15) is 0 Å². The van der Waals surface area contributed by atoms with Gasteiger partial charge >= 0.3 is 0 Å². The molecule has 2 atom stereocenters. The van der Waals surface area contributed by atoms with Gasteiger partial charge in [0.2, 0.25) is 5.91 Å². The van der Waals surface area contributed by atoms with Crippen molar-refractivity contribution >= 4 is 21.4 Å². The summed E-state index contributed by atoms with van der Waals surface area (Å²) in [5.41, 5.74) is 0.757. The van der Waals surface area contributed by atoms with Crippen LogP contribution >= 0.6 is 0 Å². The molecule has 1 aliphatic heterocycles. The first-order valence-electron chi connectivity index (χ1n) is 8.01. The molecule has 1 aromatic carbocycles. The van der Waals surface area contributed by atoms with E-state index < -0.39 is 14.8 Å².